The molecule has 1 aromatic carbocycles. The molecule has 0 saturated heterocycles. The van der Waals surface area contributed by atoms with E-state index >= 15 is 0 Å². The first-order chi connectivity index (χ1) is 14.4. The second kappa shape index (κ2) is 11.1. The summed E-state index contributed by atoms with van der Waals surface area (Å²) >= 11 is 0. The normalized spacial score (nSPS) is 11.6. The molecule has 1 heterocycles. The van der Waals surface area contributed by atoms with Crippen molar-refractivity contribution in [2.45, 2.75) is 40.2 Å². The molecule has 10 heteroatoms. The Labute approximate surface area is 176 Å². The molecule has 0 bridgehead atoms. The Morgan fingerprint density at radius 1 is 1.10 bits per heavy atom. The van der Waals surface area contributed by atoms with Gasteiger partial charge in [-0.25, -0.2) is 9.59 Å². The molecule has 1 N–H and O–H groups in total. The summed E-state index contributed by atoms with van der Waals surface area (Å²) in [5, 5.41) is 10.9. The van der Waals surface area contributed by atoms with E-state index in [1.165, 1.54) is 0 Å². The second-order valence-corrected chi connectivity index (χ2v) is 9.14. The van der Waals surface area contributed by atoms with Crippen LogP contribution in [0.5, 0.6) is 0 Å². The van der Waals surface area contributed by atoms with Crippen LogP contribution in [0.2, 0.25) is 6.04 Å². The fourth-order valence-electron chi connectivity index (χ4n) is 3.32. The maximum atomic E-state index is 12.6. The number of rotatable bonds is 12. The first-order valence-electron chi connectivity index (χ1n) is 10.00. The first-order valence-corrected chi connectivity index (χ1v) is 11.9. The molecule has 0 amide bonds. The van der Waals surface area contributed by atoms with Crippen molar-refractivity contribution in [1.29, 1.82) is 0 Å². The number of fused-ring (bicyclic) bond motifs is 1. The van der Waals surface area contributed by atoms with Crippen LogP contribution in [0.3, 0.4) is 0 Å². The van der Waals surface area contributed by atoms with E-state index in [2.05, 4.69) is 0 Å². The minimum absolute atomic E-state index is 0.0487. The van der Waals surface area contributed by atoms with Crippen LogP contribution in [0.4, 0.5) is 10.5 Å². The zero-order valence-corrected chi connectivity index (χ0v) is 18.8. The van der Waals surface area contributed by atoms with E-state index in [-0.39, 0.29) is 12.2 Å². The molecule has 0 atom stereocenters. The number of hydrogen-bond acceptors (Lipinski definition) is 8. The van der Waals surface area contributed by atoms with Gasteiger partial charge in [-0.15, -0.1) is 0 Å². The molecular weight excluding hydrogens is 410 g/mol. The predicted molar refractivity (Wildman–Crippen MR) is 114 cm³/mol. The van der Waals surface area contributed by atoms with Crippen LogP contribution in [0.1, 0.15) is 32.8 Å². The van der Waals surface area contributed by atoms with E-state index in [9.17, 15) is 14.7 Å². The zero-order valence-electron chi connectivity index (χ0n) is 17.8. The summed E-state index contributed by atoms with van der Waals surface area (Å²) < 4.78 is 22.8. The summed E-state index contributed by atoms with van der Waals surface area (Å²) in [7, 11) is -2.91. The van der Waals surface area contributed by atoms with Gasteiger partial charge in [-0.05, 0) is 45.7 Å². The fourth-order valence-corrected chi connectivity index (χ4v) is 5.91. The number of nitrogens with zero attached hydrogens (tertiary/aromatic N) is 1. The van der Waals surface area contributed by atoms with Gasteiger partial charge in [-0.1, -0.05) is 18.2 Å². The molecular formula is C20H29NO8Si. The summed E-state index contributed by atoms with van der Waals surface area (Å²) in [5.74, 6) is 0. The van der Waals surface area contributed by atoms with Gasteiger partial charge in [0.1, 0.15) is 5.58 Å². The Kier molecular flexibility index (Phi) is 8.84. The molecule has 0 unspecified atom stereocenters. The number of hydrogen-bond donors (Lipinski definition) is 1. The quantitative estimate of drug-likeness (QED) is 0.299. The number of benzene rings is 1. The number of carbonyl (C=O) groups is 1. The Morgan fingerprint density at radius 3 is 2.27 bits per heavy atom. The Bertz CT molecular complexity index is 883. The average Bonchev–Trinajstić information content (AvgIpc) is 2.68. The van der Waals surface area contributed by atoms with E-state index in [4.69, 9.17) is 22.5 Å². The summed E-state index contributed by atoms with van der Waals surface area (Å²) in [6.07, 6.45) is -1.10. The summed E-state index contributed by atoms with van der Waals surface area (Å²) in [6, 6.07) is 7.50. The highest BCUT2D eigenvalue weighted by molar-refractivity contribution is 6.60. The van der Waals surface area contributed by atoms with Crippen molar-refractivity contribution < 1.29 is 32.4 Å². The van der Waals surface area contributed by atoms with E-state index in [1.54, 1.807) is 25.1 Å². The fraction of sp³-hybridized carbons (Fsp3) is 0.500. The van der Waals surface area contributed by atoms with E-state index in [0.717, 1.165) is 5.06 Å². The van der Waals surface area contributed by atoms with Gasteiger partial charge in [0.15, 0.2) is 5.69 Å². The Hall–Kier alpha value is -2.40. The monoisotopic (exact) mass is 439 g/mol. The number of para-hydroxylation sites is 1. The minimum atomic E-state index is -2.91. The number of aryl methyl sites for hydroxylation is 1. The Morgan fingerprint density at radius 2 is 1.70 bits per heavy atom. The van der Waals surface area contributed by atoms with Crippen molar-refractivity contribution in [1.82, 2.24) is 0 Å². The van der Waals surface area contributed by atoms with E-state index in [0.29, 0.717) is 48.8 Å². The molecule has 1 aromatic heterocycles. The topological polar surface area (TPSA) is 108 Å². The third-order valence-corrected chi connectivity index (χ3v) is 7.57. The van der Waals surface area contributed by atoms with Gasteiger partial charge >= 0.3 is 20.6 Å². The van der Waals surface area contributed by atoms with Crippen LogP contribution in [-0.2, 0) is 18.1 Å². The lowest BCUT2D eigenvalue weighted by atomic mass is 10.1. The lowest BCUT2D eigenvalue weighted by Gasteiger charge is -2.29. The van der Waals surface area contributed by atoms with Crippen molar-refractivity contribution in [3.05, 3.63) is 40.2 Å². The molecule has 0 saturated carbocycles. The van der Waals surface area contributed by atoms with Crippen molar-refractivity contribution in [3.8, 4) is 0 Å². The molecule has 0 aliphatic rings. The second-order valence-electron chi connectivity index (χ2n) is 6.40. The van der Waals surface area contributed by atoms with Crippen molar-refractivity contribution in [2.24, 2.45) is 0 Å². The van der Waals surface area contributed by atoms with Crippen molar-refractivity contribution in [3.63, 3.8) is 0 Å². The lowest BCUT2D eigenvalue weighted by Crippen LogP contribution is -2.46. The van der Waals surface area contributed by atoms with Crippen LogP contribution in [0.15, 0.2) is 33.5 Å². The SMILES string of the molecule is CCO[Si](CCCN(OC(=O)O)c1c(C)c2ccccc2oc1=O)(OCC)OCC. The van der Waals surface area contributed by atoms with Crippen molar-refractivity contribution in [2.75, 3.05) is 31.4 Å². The maximum absolute atomic E-state index is 12.6. The third-order valence-electron chi connectivity index (χ3n) is 4.42. The largest absolute Gasteiger partial charge is 0.530 e. The standard InChI is InChI=1S/C20H29NO8Si/c1-5-25-30(26-6-2,27-7-3)14-10-13-21(29-20(23)24)18-15(4)16-11-8-9-12-17(16)28-19(18)22/h8-9,11-12H,5-7,10,13-14H2,1-4H3,(H,23,24). The first kappa shape index (κ1) is 23.9. The number of hydroxylamine groups is 1. The van der Waals surface area contributed by atoms with Crippen LogP contribution >= 0.6 is 0 Å². The summed E-state index contributed by atoms with van der Waals surface area (Å²) in [4.78, 5) is 28.8. The minimum Gasteiger partial charge on any atom is -0.448 e. The smallest absolute Gasteiger partial charge is 0.448 e. The van der Waals surface area contributed by atoms with Gasteiger partial charge in [0.05, 0.1) is 6.54 Å². The van der Waals surface area contributed by atoms with Gasteiger partial charge in [-0.2, -0.15) is 5.06 Å². The van der Waals surface area contributed by atoms with Crippen molar-refractivity contribution >= 4 is 31.6 Å². The van der Waals surface area contributed by atoms with Crippen LogP contribution in [0, 0.1) is 6.92 Å². The maximum Gasteiger partial charge on any atom is 0.530 e. The van der Waals surface area contributed by atoms with Gasteiger partial charge in [0.25, 0.3) is 0 Å². The van der Waals surface area contributed by atoms with E-state index in [1.807, 2.05) is 26.8 Å². The molecule has 9 nitrogen and oxygen atoms in total. The number of anilines is 1. The van der Waals surface area contributed by atoms with E-state index < -0.39 is 20.6 Å². The molecule has 2 aromatic rings. The predicted octanol–water partition coefficient (Wildman–Crippen LogP) is 3.96. The van der Waals surface area contributed by atoms with Gasteiger partial charge in [-0.3, -0.25) is 0 Å². The molecule has 0 aliphatic carbocycles. The van der Waals surface area contributed by atoms with Crippen LogP contribution in [0.25, 0.3) is 11.0 Å². The highest BCUT2D eigenvalue weighted by Gasteiger charge is 2.40. The molecule has 0 fully saturated rings. The highest BCUT2D eigenvalue weighted by atomic mass is 28.4. The summed E-state index contributed by atoms with van der Waals surface area (Å²) in [6.45, 7) is 8.75. The molecule has 30 heavy (non-hydrogen) atoms. The third kappa shape index (κ3) is 5.82. The Balaban J connectivity index is 2.30. The van der Waals surface area contributed by atoms with Gasteiger partial charge in [0, 0.05) is 31.3 Å². The highest BCUT2D eigenvalue weighted by Crippen LogP contribution is 2.26. The molecule has 0 aliphatic heterocycles. The number of carboxylic acid groups (broad SMARTS) is 1. The average molecular weight is 440 g/mol. The molecule has 0 spiro atoms. The van der Waals surface area contributed by atoms with Crippen LogP contribution in [-0.4, -0.2) is 46.4 Å². The van der Waals surface area contributed by atoms with Crippen LogP contribution < -0.4 is 10.7 Å². The lowest BCUT2D eigenvalue weighted by molar-refractivity contribution is 0.0682. The van der Waals surface area contributed by atoms with Gasteiger partial charge in [0.2, 0.25) is 0 Å². The van der Waals surface area contributed by atoms with Gasteiger partial charge < -0.3 is 27.6 Å². The zero-order chi connectivity index (χ0) is 22.1. The summed E-state index contributed by atoms with van der Waals surface area (Å²) in [5.41, 5.74) is 0.378. The molecule has 0 radical (unpaired) electrons. The molecule has 2 rings (SSSR count). The molecule has 166 valence electrons.